The van der Waals surface area contributed by atoms with Crippen molar-refractivity contribution in [2.45, 2.75) is 30.4 Å². The zero-order valence-corrected chi connectivity index (χ0v) is 13.3. The van der Waals surface area contributed by atoms with Gasteiger partial charge in [-0.15, -0.1) is 11.8 Å². The van der Waals surface area contributed by atoms with Gasteiger partial charge in [-0.2, -0.15) is 0 Å². The van der Waals surface area contributed by atoms with Crippen LogP contribution in [-0.2, 0) is 4.79 Å². The topological polar surface area (TPSA) is 38.3 Å². The zero-order valence-electron chi connectivity index (χ0n) is 12.5. The van der Waals surface area contributed by atoms with E-state index in [0.717, 1.165) is 12.2 Å². The summed E-state index contributed by atoms with van der Waals surface area (Å²) in [5.41, 5.74) is 1.21. The van der Waals surface area contributed by atoms with E-state index in [1.54, 1.807) is 6.92 Å². The Labute approximate surface area is 135 Å². The van der Waals surface area contributed by atoms with Gasteiger partial charge in [0.15, 0.2) is 6.10 Å². The van der Waals surface area contributed by atoms with Crippen molar-refractivity contribution in [3.63, 3.8) is 0 Å². The molecule has 0 unspecified atom stereocenters. The first-order valence-corrected chi connectivity index (χ1v) is 8.46. The van der Waals surface area contributed by atoms with Gasteiger partial charge in [0.2, 0.25) is 0 Å². The molecule has 1 N–H and O–H groups in total. The molecule has 2 aromatic carbocycles. The lowest BCUT2D eigenvalue weighted by atomic mass is 10.0. The average molecular weight is 313 g/mol. The van der Waals surface area contributed by atoms with E-state index in [0.29, 0.717) is 5.75 Å². The number of carbonyl (C=O) groups excluding carboxylic acids is 1. The van der Waals surface area contributed by atoms with Gasteiger partial charge in [-0.1, -0.05) is 36.4 Å². The highest BCUT2D eigenvalue weighted by atomic mass is 32.2. The Hall–Kier alpha value is -1.94. The molecule has 2 aromatic rings. The minimum Gasteiger partial charge on any atom is -0.481 e. The molecule has 0 bridgehead atoms. The molecule has 0 saturated heterocycles. The summed E-state index contributed by atoms with van der Waals surface area (Å²) in [6.07, 6.45) is 0.440. The predicted octanol–water partition coefficient (Wildman–Crippen LogP) is 3.81. The minimum absolute atomic E-state index is 0.0736. The highest BCUT2D eigenvalue weighted by molar-refractivity contribution is 7.99. The summed E-state index contributed by atoms with van der Waals surface area (Å²) in [6, 6.07) is 17.8. The molecular weight excluding hydrogens is 294 g/mol. The van der Waals surface area contributed by atoms with Gasteiger partial charge in [-0.05, 0) is 37.1 Å². The van der Waals surface area contributed by atoms with E-state index in [-0.39, 0.29) is 11.9 Å². The number of nitrogens with one attached hydrogen (secondary N) is 1. The first-order chi connectivity index (χ1) is 10.7. The summed E-state index contributed by atoms with van der Waals surface area (Å²) >= 11 is 1.85. The van der Waals surface area contributed by atoms with Crippen LogP contribution in [0.4, 0.5) is 0 Å². The number of para-hydroxylation sites is 1. The van der Waals surface area contributed by atoms with E-state index in [1.165, 1.54) is 10.5 Å². The summed E-state index contributed by atoms with van der Waals surface area (Å²) in [4.78, 5) is 13.6. The third-order valence-corrected chi connectivity index (χ3v) is 4.82. The molecule has 1 aliphatic rings. The highest BCUT2D eigenvalue weighted by Gasteiger charge is 2.24. The largest absolute Gasteiger partial charge is 0.481 e. The van der Waals surface area contributed by atoms with Crippen LogP contribution in [0.1, 0.15) is 24.9 Å². The van der Waals surface area contributed by atoms with E-state index in [9.17, 15) is 4.79 Å². The van der Waals surface area contributed by atoms with Crippen LogP contribution in [0.5, 0.6) is 5.75 Å². The SMILES string of the molecule is C[C@H](Oc1ccccc1)C(=O)N[C@@H]1CCSc2ccccc21. The van der Waals surface area contributed by atoms with Gasteiger partial charge >= 0.3 is 0 Å². The third-order valence-electron chi connectivity index (χ3n) is 3.70. The van der Waals surface area contributed by atoms with Crippen LogP contribution in [0.2, 0.25) is 0 Å². The Morgan fingerprint density at radius 1 is 1.18 bits per heavy atom. The van der Waals surface area contributed by atoms with Crippen LogP contribution >= 0.6 is 11.8 Å². The highest BCUT2D eigenvalue weighted by Crippen LogP contribution is 2.35. The van der Waals surface area contributed by atoms with E-state index < -0.39 is 6.10 Å². The third kappa shape index (κ3) is 3.45. The maximum absolute atomic E-state index is 12.4. The lowest BCUT2D eigenvalue weighted by Gasteiger charge is -2.27. The van der Waals surface area contributed by atoms with Crippen molar-refractivity contribution in [3.05, 3.63) is 60.2 Å². The minimum atomic E-state index is -0.510. The smallest absolute Gasteiger partial charge is 0.261 e. The number of hydrogen-bond donors (Lipinski definition) is 1. The summed E-state index contributed by atoms with van der Waals surface area (Å²) < 4.78 is 5.69. The van der Waals surface area contributed by atoms with Crippen molar-refractivity contribution in [2.75, 3.05) is 5.75 Å². The van der Waals surface area contributed by atoms with Gasteiger partial charge in [0.05, 0.1) is 6.04 Å². The van der Waals surface area contributed by atoms with Gasteiger partial charge < -0.3 is 10.1 Å². The Balaban J connectivity index is 1.65. The van der Waals surface area contributed by atoms with E-state index in [4.69, 9.17) is 4.74 Å². The number of fused-ring (bicyclic) bond motifs is 1. The molecule has 114 valence electrons. The lowest BCUT2D eigenvalue weighted by molar-refractivity contribution is -0.128. The molecule has 0 aliphatic carbocycles. The van der Waals surface area contributed by atoms with Crippen molar-refractivity contribution < 1.29 is 9.53 Å². The molecule has 0 spiro atoms. The van der Waals surface area contributed by atoms with E-state index in [2.05, 4.69) is 17.4 Å². The van der Waals surface area contributed by atoms with Crippen LogP contribution in [0, 0.1) is 0 Å². The fourth-order valence-electron chi connectivity index (χ4n) is 2.54. The molecule has 0 aromatic heterocycles. The van der Waals surface area contributed by atoms with Crippen molar-refractivity contribution in [3.8, 4) is 5.75 Å². The molecule has 22 heavy (non-hydrogen) atoms. The molecule has 2 atom stereocenters. The first-order valence-electron chi connectivity index (χ1n) is 7.48. The Morgan fingerprint density at radius 3 is 2.73 bits per heavy atom. The second-order valence-electron chi connectivity index (χ2n) is 5.31. The monoisotopic (exact) mass is 313 g/mol. The van der Waals surface area contributed by atoms with Gasteiger partial charge in [-0.3, -0.25) is 4.79 Å². The molecular formula is C18H19NO2S. The number of carbonyl (C=O) groups is 1. The Bertz CT molecular complexity index is 645. The van der Waals surface area contributed by atoms with Crippen molar-refractivity contribution in [2.24, 2.45) is 0 Å². The normalized spacial score (nSPS) is 18.1. The van der Waals surface area contributed by atoms with Crippen molar-refractivity contribution in [1.29, 1.82) is 0 Å². The molecule has 0 fully saturated rings. The second kappa shape index (κ2) is 6.88. The van der Waals surface area contributed by atoms with Gasteiger partial charge in [0, 0.05) is 10.6 Å². The molecule has 1 heterocycles. The number of rotatable bonds is 4. The maximum atomic E-state index is 12.4. The fraction of sp³-hybridized carbons (Fsp3) is 0.278. The number of thioether (sulfide) groups is 1. The van der Waals surface area contributed by atoms with Crippen LogP contribution in [0.3, 0.4) is 0 Å². The molecule has 0 radical (unpaired) electrons. The van der Waals surface area contributed by atoms with Crippen LogP contribution < -0.4 is 10.1 Å². The fourth-order valence-corrected chi connectivity index (χ4v) is 3.66. The van der Waals surface area contributed by atoms with Gasteiger partial charge in [-0.25, -0.2) is 0 Å². The average Bonchev–Trinajstić information content (AvgIpc) is 2.56. The lowest BCUT2D eigenvalue weighted by Crippen LogP contribution is -2.39. The van der Waals surface area contributed by atoms with Crippen molar-refractivity contribution in [1.82, 2.24) is 5.32 Å². The van der Waals surface area contributed by atoms with Crippen molar-refractivity contribution >= 4 is 17.7 Å². The number of hydrogen-bond acceptors (Lipinski definition) is 3. The van der Waals surface area contributed by atoms with Crippen LogP contribution in [-0.4, -0.2) is 17.8 Å². The predicted molar refractivity (Wildman–Crippen MR) is 89.2 cm³/mol. The Morgan fingerprint density at radius 2 is 1.91 bits per heavy atom. The van der Waals surface area contributed by atoms with E-state index >= 15 is 0 Å². The van der Waals surface area contributed by atoms with Gasteiger partial charge in [0.1, 0.15) is 5.75 Å². The molecule has 1 aliphatic heterocycles. The maximum Gasteiger partial charge on any atom is 0.261 e. The zero-order chi connectivity index (χ0) is 15.4. The van der Waals surface area contributed by atoms with Gasteiger partial charge in [0.25, 0.3) is 5.91 Å². The second-order valence-corrected chi connectivity index (χ2v) is 6.45. The molecule has 0 saturated carbocycles. The molecule has 1 amide bonds. The summed E-state index contributed by atoms with van der Waals surface area (Å²) in [5.74, 6) is 1.66. The van der Waals surface area contributed by atoms with Crippen LogP contribution in [0.25, 0.3) is 0 Å². The molecule has 3 rings (SSSR count). The van der Waals surface area contributed by atoms with E-state index in [1.807, 2.05) is 54.2 Å². The molecule has 4 heteroatoms. The summed E-state index contributed by atoms with van der Waals surface area (Å²) in [5, 5.41) is 3.12. The summed E-state index contributed by atoms with van der Waals surface area (Å²) in [7, 11) is 0. The van der Waals surface area contributed by atoms with Crippen LogP contribution in [0.15, 0.2) is 59.5 Å². The Kier molecular flexibility index (Phi) is 4.68. The quantitative estimate of drug-likeness (QED) is 0.933. The first kappa shape index (κ1) is 15.0. The number of amides is 1. The summed E-state index contributed by atoms with van der Waals surface area (Å²) in [6.45, 7) is 1.78. The number of benzene rings is 2. The number of ether oxygens (including phenoxy) is 1. The standard InChI is InChI=1S/C18H19NO2S/c1-13(21-14-7-3-2-4-8-14)18(20)19-16-11-12-22-17-10-6-5-9-15(16)17/h2-10,13,16H,11-12H2,1H3,(H,19,20)/t13-,16+/m0/s1. The molecule has 3 nitrogen and oxygen atoms in total.